The maximum absolute atomic E-state index is 11.8. The van der Waals surface area contributed by atoms with E-state index in [9.17, 15) is 9.59 Å². The number of benzene rings is 1. The van der Waals surface area contributed by atoms with Crippen LogP contribution in [0.25, 0.3) is 0 Å². The third-order valence-corrected chi connectivity index (χ3v) is 3.61. The van der Waals surface area contributed by atoms with Gasteiger partial charge in [0, 0.05) is 0 Å². The number of rotatable bonds is 3. The van der Waals surface area contributed by atoms with E-state index in [1.54, 1.807) is 0 Å². The summed E-state index contributed by atoms with van der Waals surface area (Å²) in [6.07, 6.45) is 0.909. The second-order valence-corrected chi connectivity index (χ2v) is 4.58. The van der Waals surface area contributed by atoms with E-state index in [-0.39, 0.29) is 5.92 Å². The Hall–Kier alpha value is -1.84. The maximum Gasteiger partial charge on any atom is 0.323 e. The molecule has 1 aromatic rings. The lowest BCUT2D eigenvalue weighted by Gasteiger charge is -2.42. The number of esters is 2. The average Bonchev–Trinajstić information content (AvgIpc) is 2.38. The second kappa shape index (κ2) is 4.80. The van der Waals surface area contributed by atoms with Crippen molar-refractivity contribution in [2.45, 2.75) is 18.8 Å². The monoisotopic (exact) mass is 248 g/mol. The fraction of sp³-hybridized carbons (Fsp3) is 0.429. The summed E-state index contributed by atoms with van der Waals surface area (Å²) in [5.41, 5.74) is 0.0326. The molecule has 1 aromatic carbocycles. The van der Waals surface area contributed by atoms with E-state index in [0.717, 1.165) is 5.56 Å². The molecule has 0 heterocycles. The minimum Gasteiger partial charge on any atom is -0.468 e. The molecule has 0 saturated heterocycles. The molecule has 18 heavy (non-hydrogen) atoms. The summed E-state index contributed by atoms with van der Waals surface area (Å²) < 4.78 is 9.45. The van der Waals surface area contributed by atoms with Crippen LogP contribution in [-0.4, -0.2) is 26.2 Å². The Kier molecular flexibility index (Phi) is 3.36. The summed E-state index contributed by atoms with van der Waals surface area (Å²) in [5, 5.41) is 0. The summed E-state index contributed by atoms with van der Waals surface area (Å²) in [5.74, 6) is -0.785. The third-order valence-electron chi connectivity index (χ3n) is 3.61. The van der Waals surface area contributed by atoms with Crippen molar-refractivity contribution in [2.24, 2.45) is 5.41 Å². The zero-order valence-electron chi connectivity index (χ0n) is 10.5. The van der Waals surface area contributed by atoms with Gasteiger partial charge in [0.05, 0.1) is 14.2 Å². The molecular formula is C14H16O4. The SMILES string of the molecule is COC(=O)C1(C(=O)OC)CC(c2ccccc2)C1. The molecular weight excluding hydrogens is 232 g/mol. The van der Waals surface area contributed by atoms with Gasteiger partial charge in [-0.1, -0.05) is 30.3 Å². The average molecular weight is 248 g/mol. The van der Waals surface area contributed by atoms with E-state index in [0.29, 0.717) is 12.8 Å². The first-order chi connectivity index (χ1) is 8.64. The molecule has 4 heteroatoms. The van der Waals surface area contributed by atoms with E-state index in [1.807, 2.05) is 30.3 Å². The highest BCUT2D eigenvalue weighted by molar-refractivity contribution is 6.01. The van der Waals surface area contributed by atoms with Gasteiger partial charge in [-0.3, -0.25) is 9.59 Å². The van der Waals surface area contributed by atoms with Gasteiger partial charge in [-0.05, 0) is 24.3 Å². The van der Waals surface area contributed by atoms with Gasteiger partial charge >= 0.3 is 11.9 Å². The zero-order valence-corrected chi connectivity index (χ0v) is 10.5. The lowest BCUT2D eigenvalue weighted by Crippen LogP contribution is -2.50. The first-order valence-electron chi connectivity index (χ1n) is 5.86. The van der Waals surface area contributed by atoms with Crippen molar-refractivity contribution < 1.29 is 19.1 Å². The Bertz CT molecular complexity index is 428. The molecule has 2 rings (SSSR count). The lowest BCUT2D eigenvalue weighted by atomic mass is 9.60. The number of ether oxygens (including phenoxy) is 2. The van der Waals surface area contributed by atoms with Crippen LogP contribution in [0.5, 0.6) is 0 Å². The van der Waals surface area contributed by atoms with Crippen LogP contribution in [0.4, 0.5) is 0 Å². The summed E-state index contributed by atoms with van der Waals surface area (Å²) in [6, 6.07) is 9.85. The van der Waals surface area contributed by atoms with Crippen molar-refractivity contribution >= 4 is 11.9 Å². The third kappa shape index (κ3) is 1.88. The summed E-state index contributed by atoms with van der Waals surface area (Å²) in [6.45, 7) is 0. The van der Waals surface area contributed by atoms with Crippen LogP contribution in [0.1, 0.15) is 24.3 Å². The number of methoxy groups -OCH3 is 2. The van der Waals surface area contributed by atoms with Crippen LogP contribution < -0.4 is 0 Å². The summed E-state index contributed by atoms with van der Waals surface area (Å²) in [7, 11) is 2.59. The molecule has 1 aliphatic carbocycles. The smallest absolute Gasteiger partial charge is 0.323 e. The minimum absolute atomic E-state index is 0.212. The van der Waals surface area contributed by atoms with Crippen LogP contribution in [0.3, 0.4) is 0 Å². The first-order valence-corrected chi connectivity index (χ1v) is 5.86. The Morgan fingerprint density at radius 3 is 2.00 bits per heavy atom. The maximum atomic E-state index is 11.8. The van der Waals surface area contributed by atoms with Crippen LogP contribution in [0.15, 0.2) is 30.3 Å². The number of hydrogen-bond donors (Lipinski definition) is 0. The Balaban J connectivity index is 2.15. The highest BCUT2D eigenvalue weighted by atomic mass is 16.5. The van der Waals surface area contributed by atoms with Crippen molar-refractivity contribution in [3.8, 4) is 0 Å². The van der Waals surface area contributed by atoms with E-state index in [4.69, 9.17) is 9.47 Å². The van der Waals surface area contributed by atoms with E-state index in [2.05, 4.69) is 0 Å². The van der Waals surface area contributed by atoms with Gasteiger partial charge in [0.1, 0.15) is 0 Å². The molecule has 0 aromatic heterocycles. The molecule has 1 saturated carbocycles. The molecule has 0 amide bonds. The zero-order chi connectivity index (χ0) is 13.2. The van der Waals surface area contributed by atoms with E-state index in [1.165, 1.54) is 14.2 Å². The van der Waals surface area contributed by atoms with Crippen molar-refractivity contribution in [3.63, 3.8) is 0 Å². The van der Waals surface area contributed by atoms with Gasteiger partial charge in [0.15, 0.2) is 5.41 Å². The fourth-order valence-electron chi connectivity index (χ4n) is 2.55. The molecule has 96 valence electrons. The highest BCUT2D eigenvalue weighted by Crippen LogP contribution is 2.52. The quantitative estimate of drug-likeness (QED) is 0.605. The topological polar surface area (TPSA) is 52.6 Å². The van der Waals surface area contributed by atoms with Gasteiger partial charge < -0.3 is 9.47 Å². The van der Waals surface area contributed by atoms with Crippen LogP contribution >= 0.6 is 0 Å². The molecule has 0 bridgehead atoms. The molecule has 4 nitrogen and oxygen atoms in total. The number of carbonyl (C=O) groups excluding carboxylic acids is 2. The van der Waals surface area contributed by atoms with E-state index < -0.39 is 17.4 Å². The fourth-order valence-corrected chi connectivity index (χ4v) is 2.55. The Morgan fingerprint density at radius 1 is 1.06 bits per heavy atom. The second-order valence-electron chi connectivity index (χ2n) is 4.58. The van der Waals surface area contributed by atoms with Crippen LogP contribution in [0.2, 0.25) is 0 Å². The van der Waals surface area contributed by atoms with Crippen LogP contribution in [-0.2, 0) is 19.1 Å². The molecule has 0 aliphatic heterocycles. The van der Waals surface area contributed by atoms with Crippen LogP contribution in [0, 0.1) is 5.41 Å². The molecule has 0 radical (unpaired) electrons. The minimum atomic E-state index is -1.11. The standard InChI is InChI=1S/C14H16O4/c1-17-12(15)14(13(16)18-2)8-11(9-14)10-6-4-3-5-7-10/h3-7,11H,8-9H2,1-2H3. The first kappa shape index (κ1) is 12.6. The number of carbonyl (C=O) groups is 2. The normalized spacial score (nSPS) is 17.7. The molecule has 0 unspecified atom stereocenters. The molecule has 0 atom stereocenters. The van der Waals surface area contributed by atoms with E-state index >= 15 is 0 Å². The Labute approximate surface area is 106 Å². The Morgan fingerprint density at radius 2 is 1.56 bits per heavy atom. The van der Waals surface area contributed by atoms with Gasteiger partial charge in [0.2, 0.25) is 0 Å². The van der Waals surface area contributed by atoms with Crippen molar-refractivity contribution in [2.75, 3.05) is 14.2 Å². The predicted octanol–water partition coefficient (Wildman–Crippen LogP) is 1.90. The highest BCUT2D eigenvalue weighted by Gasteiger charge is 2.58. The van der Waals surface area contributed by atoms with Crippen molar-refractivity contribution in [1.29, 1.82) is 0 Å². The molecule has 1 fully saturated rings. The largest absolute Gasteiger partial charge is 0.468 e. The van der Waals surface area contributed by atoms with Gasteiger partial charge in [-0.2, -0.15) is 0 Å². The van der Waals surface area contributed by atoms with Gasteiger partial charge in [0.25, 0.3) is 0 Å². The molecule has 1 aliphatic rings. The summed E-state index contributed by atoms with van der Waals surface area (Å²) in [4.78, 5) is 23.5. The molecule has 0 N–H and O–H groups in total. The lowest BCUT2D eigenvalue weighted by molar-refractivity contribution is -0.177. The molecule has 0 spiro atoms. The van der Waals surface area contributed by atoms with Gasteiger partial charge in [-0.25, -0.2) is 0 Å². The predicted molar refractivity (Wildman–Crippen MR) is 64.9 cm³/mol. The van der Waals surface area contributed by atoms with Gasteiger partial charge in [-0.15, -0.1) is 0 Å². The number of hydrogen-bond acceptors (Lipinski definition) is 4. The summed E-state index contributed by atoms with van der Waals surface area (Å²) >= 11 is 0. The van der Waals surface area contributed by atoms with Crippen molar-refractivity contribution in [1.82, 2.24) is 0 Å². The van der Waals surface area contributed by atoms with Crippen molar-refractivity contribution in [3.05, 3.63) is 35.9 Å².